The first-order valence-corrected chi connectivity index (χ1v) is 8.74. The van der Waals surface area contributed by atoms with Gasteiger partial charge in [-0.15, -0.1) is 17.0 Å². The Kier molecular flexibility index (Phi) is 6.77. The topological polar surface area (TPSA) is 20.3 Å². The quantitative estimate of drug-likeness (QED) is 0.684. The van der Waals surface area contributed by atoms with Gasteiger partial charge in [-0.25, -0.2) is 8.78 Å². The van der Waals surface area contributed by atoms with Crippen LogP contribution in [0.4, 0.5) is 8.78 Å². The highest BCUT2D eigenvalue weighted by atomic mass is 79.9. The minimum Gasteiger partial charge on any atom is -0.306 e. The summed E-state index contributed by atoms with van der Waals surface area (Å²) >= 11 is 1.13. The van der Waals surface area contributed by atoms with E-state index in [9.17, 15) is 13.6 Å². The van der Waals surface area contributed by atoms with E-state index in [1.165, 1.54) is 24.3 Å². The van der Waals surface area contributed by atoms with Crippen molar-refractivity contribution in [3.8, 4) is 0 Å². The van der Waals surface area contributed by atoms with Crippen molar-refractivity contribution in [3.05, 3.63) is 71.3 Å². The molecule has 3 rings (SSSR count). The maximum absolute atomic E-state index is 14.4. The molecule has 0 unspecified atom stereocenters. The van der Waals surface area contributed by atoms with Crippen LogP contribution in [0.15, 0.2) is 48.5 Å². The molecule has 0 saturated carbocycles. The number of likely N-dealkylation sites (tertiary alicyclic amines) is 1. The van der Waals surface area contributed by atoms with Gasteiger partial charge in [0.2, 0.25) is 5.12 Å². The second-order valence-corrected chi connectivity index (χ2v) is 7.53. The van der Waals surface area contributed by atoms with Crippen LogP contribution in [0.25, 0.3) is 0 Å². The molecule has 0 bridgehead atoms. The molecule has 2 aromatic rings. The number of rotatable bonds is 3. The SMILES string of the molecule is Br.CN1CCC(SC(=O)c2cccc(F)c2)(c2ccccc2F)CC1. The first-order chi connectivity index (χ1) is 11.5. The number of halogens is 3. The molecule has 1 heterocycles. The van der Waals surface area contributed by atoms with E-state index in [2.05, 4.69) is 4.90 Å². The van der Waals surface area contributed by atoms with Crippen LogP contribution in [0.2, 0.25) is 0 Å². The predicted octanol–water partition coefficient (Wildman–Crippen LogP) is 5.04. The van der Waals surface area contributed by atoms with Gasteiger partial charge in [0, 0.05) is 11.1 Å². The van der Waals surface area contributed by atoms with Crippen molar-refractivity contribution in [1.82, 2.24) is 4.90 Å². The number of hydrogen-bond acceptors (Lipinski definition) is 3. The highest BCUT2D eigenvalue weighted by molar-refractivity contribution is 8.93. The van der Waals surface area contributed by atoms with Crippen molar-refractivity contribution in [3.63, 3.8) is 0 Å². The molecule has 0 spiro atoms. The fraction of sp³-hybridized carbons (Fsp3) is 0.316. The molecule has 6 heteroatoms. The molecule has 1 saturated heterocycles. The van der Waals surface area contributed by atoms with E-state index in [0.29, 0.717) is 24.0 Å². The van der Waals surface area contributed by atoms with E-state index in [0.717, 1.165) is 24.9 Å². The lowest BCUT2D eigenvalue weighted by molar-refractivity contribution is 0.108. The van der Waals surface area contributed by atoms with Gasteiger partial charge < -0.3 is 4.90 Å². The lowest BCUT2D eigenvalue weighted by Gasteiger charge is -2.40. The smallest absolute Gasteiger partial charge is 0.220 e. The summed E-state index contributed by atoms with van der Waals surface area (Å²) in [6.07, 6.45) is 1.35. The van der Waals surface area contributed by atoms with Gasteiger partial charge in [0.25, 0.3) is 0 Å². The third kappa shape index (κ3) is 4.49. The number of nitrogens with zero attached hydrogens (tertiary/aromatic N) is 1. The second kappa shape index (κ2) is 8.43. The summed E-state index contributed by atoms with van der Waals surface area (Å²) in [4.78, 5) is 14.9. The van der Waals surface area contributed by atoms with Gasteiger partial charge in [-0.1, -0.05) is 42.1 Å². The molecule has 0 atom stereocenters. The van der Waals surface area contributed by atoms with Crippen LogP contribution in [-0.2, 0) is 4.75 Å². The van der Waals surface area contributed by atoms with Gasteiger partial charge in [0.05, 0.1) is 4.75 Å². The van der Waals surface area contributed by atoms with Gasteiger partial charge in [-0.2, -0.15) is 0 Å². The van der Waals surface area contributed by atoms with Crippen molar-refractivity contribution in [1.29, 1.82) is 0 Å². The third-order valence-corrected chi connectivity index (χ3v) is 5.95. The van der Waals surface area contributed by atoms with E-state index in [1.807, 2.05) is 7.05 Å². The number of benzene rings is 2. The van der Waals surface area contributed by atoms with Crippen molar-refractivity contribution >= 4 is 33.9 Å². The van der Waals surface area contributed by atoms with E-state index in [4.69, 9.17) is 0 Å². The number of thioether (sulfide) groups is 1. The Morgan fingerprint density at radius 3 is 2.40 bits per heavy atom. The molecule has 134 valence electrons. The van der Waals surface area contributed by atoms with Crippen LogP contribution in [0, 0.1) is 11.6 Å². The molecule has 1 aliphatic heterocycles. The Hall–Kier alpha value is -1.24. The minimum atomic E-state index is -0.610. The molecule has 0 amide bonds. The maximum Gasteiger partial charge on any atom is 0.220 e. The average Bonchev–Trinajstić information content (AvgIpc) is 2.57. The number of carbonyl (C=O) groups excluding carboxylic acids is 1. The molecule has 25 heavy (non-hydrogen) atoms. The Morgan fingerprint density at radius 1 is 1.08 bits per heavy atom. The summed E-state index contributed by atoms with van der Waals surface area (Å²) in [6, 6.07) is 12.3. The highest BCUT2D eigenvalue weighted by Crippen LogP contribution is 2.47. The first-order valence-electron chi connectivity index (χ1n) is 7.93. The lowest BCUT2D eigenvalue weighted by Crippen LogP contribution is -2.40. The van der Waals surface area contributed by atoms with E-state index in [1.54, 1.807) is 24.3 Å². The van der Waals surface area contributed by atoms with Crippen molar-refractivity contribution in [2.24, 2.45) is 0 Å². The Morgan fingerprint density at radius 2 is 1.76 bits per heavy atom. The van der Waals surface area contributed by atoms with Crippen molar-refractivity contribution in [2.45, 2.75) is 17.6 Å². The predicted molar refractivity (Wildman–Crippen MR) is 103 cm³/mol. The van der Waals surface area contributed by atoms with Crippen LogP contribution in [0.5, 0.6) is 0 Å². The Balaban J connectivity index is 0.00000225. The van der Waals surface area contributed by atoms with Crippen LogP contribution in [0.1, 0.15) is 28.8 Å². The summed E-state index contributed by atoms with van der Waals surface area (Å²) in [7, 11) is 2.02. The molecule has 1 aliphatic rings. The summed E-state index contributed by atoms with van der Waals surface area (Å²) in [5, 5.41) is -0.220. The molecular formula is C19H20BrF2NOS. The van der Waals surface area contributed by atoms with Gasteiger partial charge >= 0.3 is 0 Å². The van der Waals surface area contributed by atoms with E-state index in [-0.39, 0.29) is 27.9 Å². The van der Waals surface area contributed by atoms with Crippen LogP contribution in [-0.4, -0.2) is 30.2 Å². The number of carbonyl (C=O) groups is 1. The fourth-order valence-electron chi connectivity index (χ4n) is 3.09. The second-order valence-electron chi connectivity index (χ2n) is 6.18. The molecule has 0 radical (unpaired) electrons. The molecule has 0 N–H and O–H groups in total. The molecule has 2 aromatic carbocycles. The third-order valence-electron chi connectivity index (χ3n) is 4.51. The summed E-state index contributed by atoms with van der Waals surface area (Å²) in [6.45, 7) is 1.58. The average molecular weight is 428 g/mol. The Labute approximate surface area is 161 Å². The molecule has 0 aromatic heterocycles. The zero-order valence-electron chi connectivity index (χ0n) is 13.9. The highest BCUT2D eigenvalue weighted by Gasteiger charge is 2.40. The minimum absolute atomic E-state index is 0. The number of piperidine rings is 1. The monoisotopic (exact) mass is 427 g/mol. The molecule has 0 aliphatic carbocycles. The van der Waals surface area contributed by atoms with Gasteiger partial charge in [0.15, 0.2) is 0 Å². The van der Waals surface area contributed by atoms with Gasteiger partial charge in [-0.3, -0.25) is 4.79 Å². The molecule has 1 fully saturated rings. The fourth-order valence-corrected chi connectivity index (χ4v) is 4.35. The van der Waals surface area contributed by atoms with Crippen LogP contribution >= 0.6 is 28.7 Å². The van der Waals surface area contributed by atoms with Crippen LogP contribution < -0.4 is 0 Å². The summed E-state index contributed by atoms with van der Waals surface area (Å²) < 4.78 is 27.2. The first kappa shape index (κ1) is 20.1. The standard InChI is InChI=1S/C19H19F2NOS.BrH/c1-22-11-9-19(10-12-22,16-7-2-3-8-17(16)21)24-18(23)14-5-4-6-15(20)13-14;/h2-8,13H,9-12H2,1H3;1H. The van der Waals surface area contributed by atoms with Gasteiger partial charge in [0.1, 0.15) is 11.6 Å². The summed E-state index contributed by atoms with van der Waals surface area (Å²) in [5.41, 5.74) is 0.877. The van der Waals surface area contributed by atoms with Gasteiger partial charge in [-0.05, 0) is 51.2 Å². The van der Waals surface area contributed by atoms with E-state index >= 15 is 0 Å². The van der Waals surface area contributed by atoms with Crippen molar-refractivity contribution in [2.75, 3.05) is 20.1 Å². The van der Waals surface area contributed by atoms with E-state index < -0.39 is 10.6 Å². The normalized spacial score (nSPS) is 16.9. The van der Waals surface area contributed by atoms with Crippen molar-refractivity contribution < 1.29 is 13.6 Å². The summed E-state index contributed by atoms with van der Waals surface area (Å²) in [5.74, 6) is -0.730. The lowest BCUT2D eigenvalue weighted by atomic mass is 9.88. The number of hydrogen-bond donors (Lipinski definition) is 0. The molecule has 2 nitrogen and oxygen atoms in total. The van der Waals surface area contributed by atoms with Crippen LogP contribution in [0.3, 0.4) is 0 Å². The zero-order chi connectivity index (χ0) is 17.2. The maximum atomic E-state index is 14.4. The largest absolute Gasteiger partial charge is 0.306 e. The molecular weight excluding hydrogens is 408 g/mol. The zero-order valence-corrected chi connectivity index (χ0v) is 16.4. The Bertz CT molecular complexity index is 748.